The number of fused-ring (bicyclic) bond motifs is 1. The third-order valence-electron chi connectivity index (χ3n) is 2.97. The number of nitrogens with zero attached hydrogens (tertiary/aromatic N) is 2. The number of nitrogens with two attached hydrogens (primary N) is 1. The van der Waals surface area contributed by atoms with Gasteiger partial charge in [0.2, 0.25) is 0 Å². The average Bonchev–Trinajstić information content (AvgIpc) is 2.31. The lowest BCUT2D eigenvalue weighted by Crippen LogP contribution is -2.41. The Morgan fingerprint density at radius 3 is 2.71 bits per heavy atom. The van der Waals surface area contributed by atoms with E-state index in [1.165, 1.54) is 0 Å². The number of likely N-dealkylation sites (N-methyl/N-ethyl adjacent to an activating group) is 1. The minimum absolute atomic E-state index is 0.0239. The molecule has 92 valence electrons. The first kappa shape index (κ1) is 11.8. The summed E-state index contributed by atoms with van der Waals surface area (Å²) >= 11 is 0. The van der Waals surface area contributed by atoms with Crippen LogP contribution in [0.2, 0.25) is 0 Å². The van der Waals surface area contributed by atoms with E-state index < -0.39 is 0 Å². The summed E-state index contributed by atoms with van der Waals surface area (Å²) in [6, 6.07) is 5.58. The molecule has 0 aromatic heterocycles. The van der Waals surface area contributed by atoms with E-state index >= 15 is 0 Å². The lowest BCUT2D eigenvalue weighted by Gasteiger charge is -2.31. The number of benzene rings is 1. The minimum atomic E-state index is -0.0239. The molecule has 1 aliphatic rings. The van der Waals surface area contributed by atoms with Crippen LogP contribution in [0.5, 0.6) is 5.75 Å². The number of ether oxygens (including phenoxy) is 1. The van der Waals surface area contributed by atoms with E-state index in [4.69, 9.17) is 10.5 Å². The van der Waals surface area contributed by atoms with Gasteiger partial charge in [-0.2, -0.15) is 0 Å². The first-order chi connectivity index (χ1) is 8.15. The molecule has 0 bridgehead atoms. The standard InChI is InChI=1S/C13H19N3O/c1-4-16(5-2)13-9(3)17-12-8-10(14)6-7-11(12)15-13/h6-9H,4-5,14H2,1-3H3. The Morgan fingerprint density at radius 1 is 1.35 bits per heavy atom. The zero-order chi connectivity index (χ0) is 12.4. The summed E-state index contributed by atoms with van der Waals surface area (Å²) in [5, 5.41) is 0. The average molecular weight is 233 g/mol. The number of hydrogen-bond acceptors (Lipinski definition) is 4. The summed E-state index contributed by atoms with van der Waals surface area (Å²) in [6.45, 7) is 8.14. The van der Waals surface area contributed by atoms with Gasteiger partial charge in [0.05, 0.1) is 0 Å². The van der Waals surface area contributed by atoms with Crippen LogP contribution in [-0.4, -0.2) is 29.9 Å². The molecule has 0 saturated carbocycles. The molecule has 1 aliphatic heterocycles. The number of hydrogen-bond donors (Lipinski definition) is 1. The number of aliphatic imine (C=N–C) groups is 1. The van der Waals surface area contributed by atoms with Crippen molar-refractivity contribution in [3.63, 3.8) is 0 Å². The van der Waals surface area contributed by atoms with E-state index in [9.17, 15) is 0 Å². The molecule has 0 fully saturated rings. The molecule has 1 atom stereocenters. The fraction of sp³-hybridized carbons (Fsp3) is 0.462. The van der Waals surface area contributed by atoms with Crippen molar-refractivity contribution in [2.24, 2.45) is 4.99 Å². The van der Waals surface area contributed by atoms with Crippen molar-refractivity contribution < 1.29 is 4.74 Å². The van der Waals surface area contributed by atoms with Crippen LogP contribution < -0.4 is 10.5 Å². The topological polar surface area (TPSA) is 50.8 Å². The van der Waals surface area contributed by atoms with Crippen LogP contribution >= 0.6 is 0 Å². The fourth-order valence-electron chi connectivity index (χ4n) is 2.05. The Labute approximate surface area is 102 Å². The van der Waals surface area contributed by atoms with Crippen LogP contribution in [0.1, 0.15) is 20.8 Å². The fourth-order valence-corrected chi connectivity index (χ4v) is 2.05. The summed E-state index contributed by atoms with van der Waals surface area (Å²) in [6.07, 6.45) is -0.0239. The van der Waals surface area contributed by atoms with Gasteiger partial charge in [0.1, 0.15) is 17.3 Å². The van der Waals surface area contributed by atoms with E-state index in [0.717, 1.165) is 30.4 Å². The van der Waals surface area contributed by atoms with Gasteiger partial charge < -0.3 is 15.4 Å². The molecule has 0 amide bonds. The van der Waals surface area contributed by atoms with Crippen molar-refractivity contribution in [2.45, 2.75) is 26.9 Å². The van der Waals surface area contributed by atoms with Gasteiger partial charge in [-0.15, -0.1) is 0 Å². The van der Waals surface area contributed by atoms with E-state index in [-0.39, 0.29) is 6.10 Å². The molecule has 1 heterocycles. The number of anilines is 1. The molecule has 0 spiro atoms. The monoisotopic (exact) mass is 233 g/mol. The lowest BCUT2D eigenvalue weighted by atomic mass is 10.2. The quantitative estimate of drug-likeness (QED) is 0.798. The van der Waals surface area contributed by atoms with Crippen LogP contribution in [-0.2, 0) is 0 Å². The molecule has 1 aromatic carbocycles. The highest BCUT2D eigenvalue weighted by atomic mass is 16.5. The maximum atomic E-state index is 5.86. The maximum absolute atomic E-state index is 5.86. The van der Waals surface area contributed by atoms with Gasteiger partial charge in [-0.25, -0.2) is 4.99 Å². The van der Waals surface area contributed by atoms with Crippen LogP contribution in [0, 0.1) is 0 Å². The second-order valence-electron chi connectivity index (χ2n) is 4.13. The molecule has 4 heteroatoms. The maximum Gasteiger partial charge on any atom is 0.153 e. The van der Waals surface area contributed by atoms with Gasteiger partial charge in [0, 0.05) is 24.8 Å². The number of amidine groups is 1. The zero-order valence-electron chi connectivity index (χ0n) is 10.6. The highest BCUT2D eigenvalue weighted by molar-refractivity contribution is 5.91. The zero-order valence-corrected chi connectivity index (χ0v) is 10.6. The molecular formula is C13H19N3O. The van der Waals surface area contributed by atoms with E-state index in [1.807, 2.05) is 25.1 Å². The van der Waals surface area contributed by atoms with Crippen LogP contribution in [0.3, 0.4) is 0 Å². The summed E-state index contributed by atoms with van der Waals surface area (Å²) in [5.74, 6) is 1.76. The predicted molar refractivity (Wildman–Crippen MR) is 71.0 cm³/mol. The summed E-state index contributed by atoms with van der Waals surface area (Å²) in [7, 11) is 0. The van der Waals surface area contributed by atoms with Crippen LogP contribution in [0.15, 0.2) is 23.2 Å². The Balaban J connectivity index is 2.39. The van der Waals surface area contributed by atoms with Crippen LogP contribution in [0.4, 0.5) is 11.4 Å². The molecule has 0 saturated heterocycles. The molecule has 1 unspecified atom stereocenters. The van der Waals surface area contributed by atoms with Crippen molar-refractivity contribution >= 4 is 17.2 Å². The van der Waals surface area contributed by atoms with Gasteiger partial charge in [-0.1, -0.05) is 0 Å². The SMILES string of the molecule is CCN(CC)C1=Nc2ccc(N)cc2OC1C. The molecule has 0 aliphatic carbocycles. The Kier molecular flexibility index (Phi) is 3.22. The van der Waals surface area contributed by atoms with E-state index in [0.29, 0.717) is 5.69 Å². The molecule has 4 nitrogen and oxygen atoms in total. The molecule has 2 N–H and O–H groups in total. The number of nitrogen functional groups attached to an aromatic ring is 1. The molecular weight excluding hydrogens is 214 g/mol. The third-order valence-corrected chi connectivity index (χ3v) is 2.97. The summed E-state index contributed by atoms with van der Waals surface area (Å²) in [5.41, 5.74) is 7.30. The van der Waals surface area contributed by atoms with Crippen molar-refractivity contribution in [1.82, 2.24) is 4.90 Å². The van der Waals surface area contributed by atoms with Crippen molar-refractivity contribution in [3.05, 3.63) is 18.2 Å². The van der Waals surface area contributed by atoms with Gasteiger partial charge >= 0.3 is 0 Å². The highest BCUT2D eigenvalue weighted by Gasteiger charge is 2.23. The number of rotatable bonds is 2. The van der Waals surface area contributed by atoms with Gasteiger partial charge in [0.15, 0.2) is 6.10 Å². The third kappa shape index (κ3) is 2.20. The van der Waals surface area contributed by atoms with Gasteiger partial charge in [-0.3, -0.25) is 0 Å². The van der Waals surface area contributed by atoms with Crippen molar-refractivity contribution in [2.75, 3.05) is 18.8 Å². The predicted octanol–water partition coefficient (Wildman–Crippen LogP) is 2.42. The largest absolute Gasteiger partial charge is 0.480 e. The van der Waals surface area contributed by atoms with Crippen molar-refractivity contribution in [1.29, 1.82) is 0 Å². The molecule has 1 aromatic rings. The summed E-state index contributed by atoms with van der Waals surface area (Å²) in [4.78, 5) is 6.88. The lowest BCUT2D eigenvalue weighted by molar-refractivity contribution is 0.257. The Bertz CT molecular complexity index is 438. The highest BCUT2D eigenvalue weighted by Crippen LogP contribution is 2.34. The van der Waals surface area contributed by atoms with Gasteiger partial charge in [0.25, 0.3) is 0 Å². The van der Waals surface area contributed by atoms with Crippen molar-refractivity contribution in [3.8, 4) is 5.75 Å². The first-order valence-electron chi connectivity index (χ1n) is 6.05. The van der Waals surface area contributed by atoms with Gasteiger partial charge in [-0.05, 0) is 32.9 Å². The van der Waals surface area contributed by atoms with Crippen LogP contribution in [0.25, 0.3) is 0 Å². The molecule has 2 rings (SSSR count). The van der Waals surface area contributed by atoms with E-state index in [1.54, 1.807) is 0 Å². The molecule has 17 heavy (non-hydrogen) atoms. The Hall–Kier alpha value is -1.71. The second-order valence-corrected chi connectivity index (χ2v) is 4.13. The summed E-state index contributed by atoms with van der Waals surface area (Å²) < 4.78 is 5.86. The smallest absolute Gasteiger partial charge is 0.153 e. The second kappa shape index (κ2) is 4.65. The Morgan fingerprint density at radius 2 is 2.06 bits per heavy atom. The minimum Gasteiger partial charge on any atom is -0.480 e. The first-order valence-corrected chi connectivity index (χ1v) is 6.05. The normalized spacial score (nSPS) is 18.1. The van der Waals surface area contributed by atoms with E-state index in [2.05, 4.69) is 23.7 Å². The molecule has 0 radical (unpaired) electrons.